The maximum atomic E-state index is 12.9. The standard InChI is InChI=1S/C23H31N3O/c1-3-10-22(20-11-6-4-7-12-20)24-23(27)19(2)25-15-17-26(18-16-25)21-13-8-5-9-14-21/h4-9,11-14,19,22H,3,10,15-18H2,1-2H3,(H,24,27)/t19-,22-/m0/s1. The molecule has 0 spiro atoms. The van der Waals surface area contributed by atoms with Gasteiger partial charge in [-0.1, -0.05) is 61.9 Å². The highest BCUT2D eigenvalue weighted by molar-refractivity contribution is 5.81. The van der Waals surface area contributed by atoms with Crippen molar-refractivity contribution in [3.8, 4) is 0 Å². The first kappa shape index (κ1) is 19.4. The van der Waals surface area contributed by atoms with Gasteiger partial charge in [-0.3, -0.25) is 9.69 Å². The van der Waals surface area contributed by atoms with Gasteiger partial charge in [0.2, 0.25) is 5.91 Å². The van der Waals surface area contributed by atoms with Crippen LogP contribution in [0.3, 0.4) is 0 Å². The lowest BCUT2D eigenvalue weighted by atomic mass is 10.0. The topological polar surface area (TPSA) is 35.6 Å². The summed E-state index contributed by atoms with van der Waals surface area (Å²) in [6, 6.07) is 20.8. The molecule has 0 saturated carbocycles. The number of para-hydroxylation sites is 1. The van der Waals surface area contributed by atoms with Gasteiger partial charge in [0.15, 0.2) is 0 Å². The number of nitrogens with zero attached hydrogens (tertiary/aromatic N) is 2. The minimum atomic E-state index is -0.106. The molecule has 0 radical (unpaired) electrons. The largest absolute Gasteiger partial charge is 0.369 e. The van der Waals surface area contributed by atoms with E-state index in [4.69, 9.17) is 0 Å². The van der Waals surface area contributed by atoms with E-state index in [1.54, 1.807) is 0 Å². The molecule has 1 N–H and O–H groups in total. The van der Waals surface area contributed by atoms with Gasteiger partial charge in [-0.25, -0.2) is 0 Å². The van der Waals surface area contributed by atoms with Crippen LogP contribution in [0, 0.1) is 0 Å². The number of nitrogens with one attached hydrogen (secondary N) is 1. The van der Waals surface area contributed by atoms with Gasteiger partial charge < -0.3 is 10.2 Å². The van der Waals surface area contributed by atoms with Crippen LogP contribution < -0.4 is 10.2 Å². The van der Waals surface area contributed by atoms with Gasteiger partial charge in [0.25, 0.3) is 0 Å². The Labute approximate surface area is 163 Å². The van der Waals surface area contributed by atoms with E-state index in [1.807, 2.05) is 31.2 Å². The van der Waals surface area contributed by atoms with E-state index in [9.17, 15) is 4.79 Å². The molecule has 2 atom stereocenters. The SMILES string of the molecule is CCC[C@H](NC(=O)[C@H](C)N1CCN(c2ccccc2)CC1)c1ccccc1. The number of piperazine rings is 1. The quantitative estimate of drug-likeness (QED) is 0.809. The Morgan fingerprint density at radius 2 is 1.56 bits per heavy atom. The summed E-state index contributed by atoms with van der Waals surface area (Å²) >= 11 is 0. The predicted octanol–water partition coefficient (Wildman–Crippen LogP) is 3.85. The maximum Gasteiger partial charge on any atom is 0.237 e. The van der Waals surface area contributed by atoms with E-state index < -0.39 is 0 Å². The smallest absolute Gasteiger partial charge is 0.237 e. The van der Waals surface area contributed by atoms with Crippen molar-refractivity contribution in [3.63, 3.8) is 0 Å². The Morgan fingerprint density at radius 1 is 0.963 bits per heavy atom. The lowest BCUT2D eigenvalue weighted by Gasteiger charge is -2.39. The molecular weight excluding hydrogens is 334 g/mol. The third-order valence-corrected chi connectivity index (χ3v) is 5.46. The first-order valence-corrected chi connectivity index (χ1v) is 10.1. The zero-order valence-electron chi connectivity index (χ0n) is 16.5. The third kappa shape index (κ3) is 5.10. The lowest BCUT2D eigenvalue weighted by Crippen LogP contribution is -2.54. The van der Waals surface area contributed by atoms with Gasteiger partial charge in [0, 0.05) is 31.9 Å². The summed E-state index contributed by atoms with van der Waals surface area (Å²) in [5.74, 6) is 0.130. The Morgan fingerprint density at radius 3 is 2.15 bits per heavy atom. The Bertz CT molecular complexity index is 696. The van der Waals surface area contributed by atoms with Crippen molar-refractivity contribution in [2.24, 2.45) is 0 Å². The van der Waals surface area contributed by atoms with E-state index in [0.29, 0.717) is 0 Å². The minimum Gasteiger partial charge on any atom is -0.369 e. The molecule has 1 heterocycles. The molecule has 4 nitrogen and oxygen atoms in total. The van der Waals surface area contributed by atoms with Crippen LogP contribution >= 0.6 is 0 Å². The van der Waals surface area contributed by atoms with Crippen LogP contribution in [-0.2, 0) is 4.79 Å². The molecule has 2 aromatic rings. The molecule has 4 heteroatoms. The van der Waals surface area contributed by atoms with Crippen LogP contribution in [0.2, 0.25) is 0 Å². The van der Waals surface area contributed by atoms with Crippen molar-refractivity contribution in [2.75, 3.05) is 31.1 Å². The highest BCUT2D eigenvalue weighted by Gasteiger charge is 2.27. The fourth-order valence-corrected chi connectivity index (χ4v) is 3.76. The van der Waals surface area contributed by atoms with Crippen LogP contribution in [0.5, 0.6) is 0 Å². The molecule has 1 saturated heterocycles. The summed E-state index contributed by atoms with van der Waals surface area (Å²) in [5, 5.41) is 3.28. The Balaban J connectivity index is 1.55. The fraction of sp³-hybridized carbons (Fsp3) is 0.435. The van der Waals surface area contributed by atoms with E-state index in [0.717, 1.165) is 39.0 Å². The van der Waals surface area contributed by atoms with Crippen LogP contribution in [0.1, 0.15) is 38.3 Å². The van der Waals surface area contributed by atoms with E-state index in [1.165, 1.54) is 11.3 Å². The normalized spacial score (nSPS) is 17.3. The van der Waals surface area contributed by atoms with Crippen molar-refractivity contribution >= 4 is 11.6 Å². The summed E-state index contributed by atoms with van der Waals surface area (Å²) in [5.41, 5.74) is 2.45. The highest BCUT2D eigenvalue weighted by atomic mass is 16.2. The predicted molar refractivity (Wildman–Crippen MR) is 112 cm³/mol. The first-order chi connectivity index (χ1) is 13.2. The summed E-state index contributed by atoms with van der Waals surface area (Å²) in [7, 11) is 0. The van der Waals surface area contributed by atoms with Crippen molar-refractivity contribution < 1.29 is 4.79 Å². The third-order valence-electron chi connectivity index (χ3n) is 5.46. The van der Waals surface area contributed by atoms with Crippen molar-refractivity contribution in [3.05, 3.63) is 66.2 Å². The zero-order valence-corrected chi connectivity index (χ0v) is 16.5. The number of hydrogen-bond acceptors (Lipinski definition) is 3. The molecule has 0 unspecified atom stereocenters. The van der Waals surface area contributed by atoms with Gasteiger partial charge in [0.05, 0.1) is 12.1 Å². The Hall–Kier alpha value is -2.33. The number of hydrogen-bond donors (Lipinski definition) is 1. The monoisotopic (exact) mass is 365 g/mol. The maximum absolute atomic E-state index is 12.9. The molecule has 1 aliphatic heterocycles. The van der Waals surface area contributed by atoms with Crippen molar-refractivity contribution in [1.29, 1.82) is 0 Å². The molecule has 1 amide bonds. The Kier molecular flexibility index (Phi) is 6.88. The molecular formula is C23H31N3O. The van der Waals surface area contributed by atoms with Gasteiger partial charge in [-0.2, -0.15) is 0 Å². The molecule has 3 rings (SSSR count). The average Bonchev–Trinajstić information content (AvgIpc) is 2.74. The van der Waals surface area contributed by atoms with Crippen molar-refractivity contribution in [1.82, 2.24) is 10.2 Å². The van der Waals surface area contributed by atoms with Gasteiger partial charge >= 0.3 is 0 Å². The van der Waals surface area contributed by atoms with E-state index in [-0.39, 0.29) is 18.0 Å². The first-order valence-electron chi connectivity index (χ1n) is 10.1. The second-order valence-electron chi connectivity index (χ2n) is 7.30. The number of carbonyl (C=O) groups is 1. The second kappa shape index (κ2) is 9.56. The number of benzene rings is 2. The van der Waals surface area contributed by atoms with Crippen molar-refractivity contribution in [2.45, 2.75) is 38.8 Å². The molecule has 0 aliphatic carbocycles. The number of amides is 1. The summed E-state index contributed by atoms with van der Waals surface area (Å²) in [4.78, 5) is 17.6. The van der Waals surface area contributed by atoms with Gasteiger partial charge in [-0.15, -0.1) is 0 Å². The average molecular weight is 366 g/mol. The number of anilines is 1. The molecule has 2 aromatic carbocycles. The molecule has 1 fully saturated rings. The van der Waals surface area contributed by atoms with Gasteiger partial charge in [0.1, 0.15) is 0 Å². The molecule has 144 valence electrons. The summed E-state index contributed by atoms with van der Waals surface area (Å²) < 4.78 is 0. The highest BCUT2D eigenvalue weighted by Crippen LogP contribution is 2.20. The van der Waals surface area contributed by atoms with E-state index in [2.05, 4.69) is 58.4 Å². The van der Waals surface area contributed by atoms with Gasteiger partial charge in [-0.05, 0) is 31.0 Å². The molecule has 1 aliphatic rings. The lowest BCUT2D eigenvalue weighted by molar-refractivity contribution is -0.126. The van der Waals surface area contributed by atoms with Crippen LogP contribution in [-0.4, -0.2) is 43.0 Å². The number of carbonyl (C=O) groups excluding carboxylic acids is 1. The van der Waals surface area contributed by atoms with Crippen LogP contribution in [0.25, 0.3) is 0 Å². The molecule has 27 heavy (non-hydrogen) atoms. The number of rotatable bonds is 7. The molecule has 0 aromatic heterocycles. The second-order valence-corrected chi connectivity index (χ2v) is 7.30. The molecule has 0 bridgehead atoms. The fourth-order valence-electron chi connectivity index (χ4n) is 3.76. The van der Waals surface area contributed by atoms with Crippen LogP contribution in [0.4, 0.5) is 5.69 Å². The zero-order chi connectivity index (χ0) is 19.1. The summed E-state index contributed by atoms with van der Waals surface area (Å²) in [6.07, 6.45) is 2.01. The minimum absolute atomic E-state index is 0.0942. The summed E-state index contributed by atoms with van der Waals surface area (Å²) in [6.45, 7) is 7.92. The van der Waals surface area contributed by atoms with Crippen LogP contribution in [0.15, 0.2) is 60.7 Å². The van der Waals surface area contributed by atoms with E-state index >= 15 is 0 Å².